The average Bonchev–Trinajstić information content (AvgIpc) is 2.97. The maximum atomic E-state index is 11.9. The highest BCUT2D eigenvalue weighted by Gasteiger charge is 2.23. The molecule has 1 fully saturated rings. The third-order valence-electron chi connectivity index (χ3n) is 3.76. The molecule has 1 amide bonds. The van der Waals surface area contributed by atoms with E-state index >= 15 is 0 Å². The van der Waals surface area contributed by atoms with Gasteiger partial charge >= 0.3 is 5.97 Å². The number of esters is 1. The van der Waals surface area contributed by atoms with Crippen molar-refractivity contribution in [3.05, 3.63) is 0 Å². The van der Waals surface area contributed by atoms with Crippen molar-refractivity contribution in [2.75, 3.05) is 32.8 Å². The van der Waals surface area contributed by atoms with Crippen LogP contribution in [0.3, 0.4) is 0 Å². The first-order valence-electron chi connectivity index (χ1n) is 7.94. The molecule has 0 aliphatic heterocycles. The molecular formula is C15H28N2O4. The molecule has 1 saturated carbocycles. The summed E-state index contributed by atoms with van der Waals surface area (Å²) in [6, 6.07) is 0.419. The fraction of sp³-hybridized carbons (Fsp3) is 0.867. The van der Waals surface area contributed by atoms with Crippen LogP contribution in [0.4, 0.5) is 0 Å². The lowest BCUT2D eigenvalue weighted by atomic mass is 10.2. The highest BCUT2D eigenvalue weighted by atomic mass is 16.5. The van der Waals surface area contributed by atoms with E-state index in [1.807, 2.05) is 0 Å². The molecule has 1 aliphatic rings. The predicted molar refractivity (Wildman–Crippen MR) is 79.8 cm³/mol. The monoisotopic (exact) mass is 300 g/mol. The third-order valence-corrected chi connectivity index (χ3v) is 3.76. The van der Waals surface area contributed by atoms with E-state index in [9.17, 15) is 9.59 Å². The molecule has 0 spiro atoms. The molecule has 0 bridgehead atoms. The standard InChI is InChI=1S/C15H28N2O4/c1-2-21-15(20)8-5-9-16-14(19)12-17(10-11-18)13-6-3-4-7-13/h13,18H,2-12H2,1H3,(H,16,19). The molecule has 0 unspecified atom stereocenters. The number of nitrogens with zero attached hydrogens (tertiary/aromatic N) is 1. The van der Waals surface area contributed by atoms with E-state index in [0.717, 1.165) is 12.8 Å². The lowest BCUT2D eigenvalue weighted by molar-refractivity contribution is -0.143. The van der Waals surface area contributed by atoms with Crippen LogP contribution >= 0.6 is 0 Å². The maximum Gasteiger partial charge on any atom is 0.305 e. The van der Waals surface area contributed by atoms with Crippen molar-refractivity contribution in [2.24, 2.45) is 0 Å². The van der Waals surface area contributed by atoms with Crippen molar-refractivity contribution >= 4 is 11.9 Å². The first-order chi connectivity index (χ1) is 10.2. The Morgan fingerprint density at radius 3 is 2.67 bits per heavy atom. The molecule has 0 radical (unpaired) electrons. The van der Waals surface area contributed by atoms with Gasteiger partial charge < -0.3 is 15.2 Å². The largest absolute Gasteiger partial charge is 0.466 e. The molecule has 0 aromatic carbocycles. The van der Waals surface area contributed by atoms with Crippen molar-refractivity contribution in [3.8, 4) is 0 Å². The van der Waals surface area contributed by atoms with Crippen molar-refractivity contribution in [2.45, 2.75) is 51.5 Å². The van der Waals surface area contributed by atoms with Crippen molar-refractivity contribution in [3.63, 3.8) is 0 Å². The fourth-order valence-electron chi connectivity index (χ4n) is 2.72. The number of aliphatic hydroxyl groups excluding tert-OH is 1. The number of carbonyl (C=O) groups excluding carboxylic acids is 2. The smallest absolute Gasteiger partial charge is 0.305 e. The van der Waals surface area contributed by atoms with Gasteiger partial charge in [-0.1, -0.05) is 12.8 Å². The van der Waals surface area contributed by atoms with Gasteiger partial charge in [-0.15, -0.1) is 0 Å². The second kappa shape index (κ2) is 10.6. The van der Waals surface area contributed by atoms with Crippen LogP contribution in [0, 0.1) is 0 Å². The molecule has 0 heterocycles. The number of amides is 1. The van der Waals surface area contributed by atoms with E-state index in [2.05, 4.69) is 10.2 Å². The van der Waals surface area contributed by atoms with Gasteiger partial charge in [-0.3, -0.25) is 14.5 Å². The number of carbonyl (C=O) groups is 2. The van der Waals surface area contributed by atoms with Crippen LogP contribution in [0.25, 0.3) is 0 Å². The zero-order valence-corrected chi connectivity index (χ0v) is 13.0. The zero-order valence-electron chi connectivity index (χ0n) is 13.0. The molecule has 6 nitrogen and oxygen atoms in total. The summed E-state index contributed by atoms with van der Waals surface area (Å²) < 4.78 is 4.83. The molecule has 0 aromatic rings. The Bertz CT molecular complexity index is 317. The van der Waals surface area contributed by atoms with Gasteiger partial charge in [-0.05, 0) is 26.2 Å². The van der Waals surface area contributed by atoms with E-state index in [1.165, 1.54) is 12.8 Å². The maximum absolute atomic E-state index is 11.9. The Balaban J connectivity index is 2.19. The topological polar surface area (TPSA) is 78.9 Å². The number of nitrogens with one attached hydrogen (secondary N) is 1. The summed E-state index contributed by atoms with van der Waals surface area (Å²) in [5.74, 6) is -0.265. The van der Waals surface area contributed by atoms with Gasteiger partial charge in [0, 0.05) is 25.6 Å². The molecule has 21 heavy (non-hydrogen) atoms. The Kier molecular flexibility index (Phi) is 9.01. The second-order valence-electron chi connectivity index (χ2n) is 5.39. The summed E-state index contributed by atoms with van der Waals surface area (Å²) in [5.41, 5.74) is 0. The summed E-state index contributed by atoms with van der Waals surface area (Å²) in [5, 5.41) is 11.9. The molecule has 1 rings (SSSR count). The molecule has 0 aromatic heterocycles. The highest BCUT2D eigenvalue weighted by molar-refractivity contribution is 5.78. The first-order valence-corrected chi connectivity index (χ1v) is 7.94. The lowest BCUT2D eigenvalue weighted by Gasteiger charge is -2.27. The van der Waals surface area contributed by atoms with Crippen LogP contribution < -0.4 is 5.32 Å². The van der Waals surface area contributed by atoms with Gasteiger partial charge in [0.15, 0.2) is 0 Å². The number of rotatable bonds is 10. The Morgan fingerprint density at radius 2 is 2.05 bits per heavy atom. The minimum atomic E-state index is -0.223. The van der Waals surface area contributed by atoms with Gasteiger partial charge in [-0.25, -0.2) is 0 Å². The van der Waals surface area contributed by atoms with Crippen molar-refractivity contribution < 1.29 is 19.4 Å². The van der Waals surface area contributed by atoms with Crippen LogP contribution in [0.2, 0.25) is 0 Å². The predicted octanol–water partition coefficient (Wildman–Crippen LogP) is 0.683. The lowest BCUT2D eigenvalue weighted by Crippen LogP contribution is -2.43. The summed E-state index contributed by atoms with van der Waals surface area (Å²) in [4.78, 5) is 25.1. The summed E-state index contributed by atoms with van der Waals surface area (Å²) >= 11 is 0. The first kappa shape index (κ1) is 17.9. The van der Waals surface area contributed by atoms with Gasteiger partial charge in [-0.2, -0.15) is 0 Å². The van der Waals surface area contributed by atoms with Crippen LogP contribution in [-0.2, 0) is 14.3 Å². The van der Waals surface area contributed by atoms with E-state index in [0.29, 0.717) is 45.1 Å². The Labute approximate surface area is 126 Å². The molecule has 2 N–H and O–H groups in total. The Morgan fingerprint density at radius 1 is 1.33 bits per heavy atom. The molecule has 6 heteroatoms. The molecule has 122 valence electrons. The summed E-state index contributed by atoms with van der Waals surface area (Å²) in [7, 11) is 0. The molecule has 0 atom stereocenters. The fourth-order valence-corrected chi connectivity index (χ4v) is 2.72. The molecule has 0 saturated heterocycles. The average molecular weight is 300 g/mol. The van der Waals surface area contributed by atoms with Crippen molar-refractivity contribution in [1.82, 2.24) is 10.2 Å². The quantitative estimate of drug-likeness (QED) is 0.458. The van der Waals surface area contributed by atoms with Gasteiger partial charge in [0.1, 0.15) is 0 Å². The van der Waals surface area contributed by atoms with E-state index in [4.69, 9.17) is 9.84 Å². The Hall–Kier alpha value is -1.14. The molecular weight excluding hydrogens is 272 g/mol. The number of hydrogen-bond donors (Lipinski definition) is 2. The summed E-state index contributed by atoms with van der Waals surface area (Å²) in [6.07, 6.45) is 5.54. The normalized spacial score (nSPS) is 15.4. The highest BCUT2D eigenvalue weighted by Crippen LogP contribution is 2.22. The minimum absolute atomic E-state index is 0.0424. The minimum Gasteiger partial charge on any atom is -0.466 e. The SMILES string of the molecule is CCOC(=O)CCCNC(=O)CN(CCO)C1CCCC1. The van der Waals surface area contributed by atoms with E-state index in [-0.39, 0.29) is 18.5 Å². The number of aliphatic hydroxyl groups is 1. The summed E-state index contributed by atoms with van der Waals surface area (Å²) in [6.45, 7) is 3.59. The molecule has 1 aliphatic carbocycles. The zero-order chi connectivity index (χ0) is 15.5. The van der Waals surface area contributed by atoms with E-state index in [1.54, 1.807) is 6.92 Å². The van der Waals surface area contributed by atoms with Gasteiger partial charge in [0.25, 0.3) is 0 Å². The van der Waals surface area contributed by atoms with E-state index < -0.39 is 0 Å². The van der Waals surface area contributed by atoms with Crippen LogP contribution in [0.5, 0.6) is 0 Å². The van der Waals surface area contributed by atoms with Gasteiger partial charge in [0.2, 0.25) is 5.91 Å². The second-order valence-corrected chi connectivity index (χ2v) is 5.39. The number of hydrogen-bond acceptors (Lipinski definition) is 5. The van der Waals surface area contributed by atoms with Crippen LogP contribution in [0.15, 0.2) is 0 Å². The van der Waals surface area contributed by atoms with Crippen LogP contribution in [-0.4, -0.2) is 60.8 Å². The third kappa shape index (κ3) is 7.43. The van der Waals surface area contributed by atoms with Crippen molar-refractivity contribution in [1.29, 1.82) is 0 Å². The van der Waals surface area contributed by atoms with Crippen LogP contribution in [0.1, 0.15) is 45.4 Å². The van der Waals surface area contributed by atoms with Gasteiger partial charge in [0.05, 0.1) is 19.8 Å². The number of ether oxygens (including phenoxy) is 1.